The molecule has 2 rings (SSSR count). The highest BCUT2D eigenvalue weighted by Crippen LogP contribution is 2.30. The molecule has 1 fully saturated rings. The number of halogens is 1. The minimum atomic E-state index is -1.36. The fourth-order valence-electron chi connectivity index (χ4n) is 1.66. The molecule has 18 heavy (non-hydrogen) atoms. The van der Waals surface area contributed by atoms with Crippen molar-refractivity contribution >= 4 is 5.97 Å². The molecule has 0 radical (unpaired) electrons. The molecule has 0 amide bonds. The van der Waals surface area contributed by atoms with Gasteiger partial charge in [-0.1, -0.05) is 18.2 Å². The Labute approximate surface area is 104 Å². The molecule has 2 atom stereocenters. The van der Waals surface area contributed by atoms with Crippen molar-refractivity contribution in [3.05, 3.63) is 35.6 Å². The Hall–Kier alpha value is -1.46. The number of hydrogen-bond acceptors (Lipinski definition) is 4. The minimum Gasteiger partial charge on any atom is -0.467 e. The normalized spacial score (nSPS) is 18.2. The van der Waals surface area contributed by atoms with Crippen molar-refractivity contribution in [1.82, 2.24) is 0 Å². The number of benzene rings is 1. The molecule has 1 aromatic carbocycles. The molecule has 1 N–H and O–H groups in total. The molecule has 1 aliphatic carbocycles. The summed E-state index contributed by atoms with van der Waals surface area (Å²) in [6.07, 6.45) is -0.899. The van der Waals surface area contributed by atoms with Gasteiger partial charge in [0, 0.05) is 5.56 Å². The number of rotatable bonds is 5. The van der Waals surface area contributed by atoms with Crippen LogP contribution in [-0.2, 0) is 14.3 Å². The molecule has 0 saturated heterocycles. The van der Waals surface area contributed by atoms with Gasteiger partial charge in [-0.3, -0.25) is 0 Å². The molecule has 1 aromatic rings. The Morgan fingerprint density at radius 2 is 2.11 bits per heavy atom. The highest BCUT2D eigenvalue weighted by molar-refractivity contribution is 5.75. The molecule has 0 aromatic heterocycles. The lowest BCUT2D eigenvalue weighted by atomic mass is 10.0. The summed E-state index contributed by atoms with van der Waals surface area (Å²) in [6, 6.07) is 5.75. The van der Waals surface area contributed by atoms with E-state index in [2.05, 4.69) is 4.74 Å². The van der Waals surface area contributed by atoms with E-state index in [0.717, 1.165) is 12.8 Å². The van der Waals surface area contributed by atoms with E-state index in [0.29, 0.717) is 0 Å². The number of carbonyl (C=O) groups is 1. The standard InChI is InChI=1S/C13H15FO4/c1-17-13(16)12(18-8-6-7-8)11(15)9-4-2-3-5-10(9)14/h2-5,8,11-12,15H,6-7H2,1H3. The van der Waals surface area contributed by atoms with Crippen molar-refractivity contribution in [2.75, 3.05) is 7.11 Å². The molecule has 1 saturated carbocycles. The van der Waals surface area contributed by atoms with Crippen LogP contribution in [0.25, 0.3) is 0 Å². The summed E-state index contributed by atoms with van der Waals surface area (Å²) in [5.74, 6) is -1.27. The molecular weight excluding hydrogens is 239 g/mol. The Balaban J connectivity index is 2.18. The number of hydrogen-bond donors (Lipinski definition) is 1. The van der Waals surface area contributed by atoms with Gasteiger partial charge in [0.2, 0.25) is 0 Å². The Bertz CT molecular complexity index is 431. The molecule has 0 bridgehead atoms. The number of aliphatic hydroxyl groups excluding tert-OH is 1. The van der Waals surface area contributed by atoms with Crippen LogP contribution in [0.5, 0.6) is 0 Å². The van der Waals surface area contributed by atoms with Crippen molar-refractivity contribution in [3.63, 3.8) is 0 Å². The lowest BCUT2D eigenvalue weighted by Crippen LogP contribution is -2.33. The highest BCUT2D eigenvalue weighted by Gasteiger charge is 2.37. The topological polar surface area (TPSA) is 55.8 Å². The molecular formula is C13H15FO4. The number of esters is 1. The van der Waals surface area contributed by atoms with Crippen LogP contribution in [0, 0.1) is 5.82 Å². The van der Waals surface area contributed by atoms with Crippen molar-refractivity contribution in [1.29, 1.82) is 0 Å². The fraction of sp³-hybridized carbons (Fsp3) is 0.462. The fourth-order valence-corrected chi connectivity index (χ4v) is 1.66. The second kappa shape index (κ2) is 5.46. The van der Waals surface area contributed by atoms with Crippen LogP contribution in [0.15, 0.2) is 24.3 Å². The molecule has 4 nitrogen and oxygen atoms in total. The van der Waals surface area contributed by atoms with E-state index in [9.17, 15) is 14.3 Å². The summed E-state index contributed by atoms with van der Waals surface area (Å²) in [4.78, 5) is 11.6. The van der Waals surface area contributed by atoms with Crippen LogP contribution in [0.1, 0.15) is 24.5 Å². The van der Waals surface area contributed by atoms with Gasteiger partial charge in [0.15, 0.2) is 6.10 Å². The number of aliphatic hydroxyl groups is 1. The predicted molar refractivity (Wildman–Crippen MR) is 61.3 cm³/mol. The van der Waals surface area contributed by atoms with Crippen LogP contribution >= 0.6 is 0 Å². The smallest absolute Gasteiger partial charge is 0.338 e. The third kappa shape index (κ3) is 2.86. The van der Waals surface area contributed by atoms with Crippen LogP contribution in [0.2, 0.25) is 0 Å². The summed E-state index contributed by atoms with van der Waals surface area (Å²) in [7, 11) is 1.21. The highest BCUT2D eigenvalue weighted by atomic mass is 19.1. The SMILES string of the molecule is COC(=O)C(OC1CC1)C(O)c1ccccc1F. The molecule has 0 heterocycles. The molecule has 0 spiro atoms. The van der Waals surface area contributed by atoms with Gasteiger partial charge in [-0.05, 0) is 18.9 Å². The van der Waals surface area contributed by atoms with Gasteiger partial charge in [-0.15, -0.1) is 0 Å². The lowest BCUT2D eigenvalue weighted by Gasteiger charge is -2.21. The van der Waals surface area contributed by atoms with Gasteiger partial charge < -0.3 is 14.6 Å². The third-order valence-electron chi connectivity index (χ3n) is 2.81. The van der Waals surface area contributed by atoms with Crippen molar-refractivity contribution in [2.45, 2.75) is 31.2 Å². The maximum atomic E-state index is 13.6. The Morgan fingerprint density at radius 3 is 2.67 bits per heavy atom. The molecule has 0 aliphatic heterocycles. The monoisotopic (exact) mass is 254 g/mol. The average Bonchev–Trinajstić information content (AvgIpc) is 3.19. The number of methoxy groups -OCH3 is 1. The van der Waals surface area contributed by atoms with E-state index < -0.39 is 24.0 Å². The van der Waals surface area contributed by atoms with E-state index in [1.807, 2.05) is 0 Å². The number of carbonyl (C=O) groups excluding carboxylic acids is 1. The summed E-state index contributed by atoms with van der Waals surface area (Å²) in [5, 5.41) is 10.1. The quantitative estimate of drug-likeness (QED) is 0.810. The maximum absolute atomic E-state index is 13.6. The van der Waals surface area contributed by atoms with E-state index in [1.54, 1.807) is 6.07 Å². The molecule has 2 unspecified atom stereocenters. The minimum absolute atomic E-state index is 0.0357. The van der Waals surface area contributed by atoms with E-state index in [4.69, 9.17) is 4.74 Å². The zero-order valence-corrected chi connectivity index (χ0v) is 10.0. The van der Waals surface area contributed by atoms with Crippen molar-refractivity contribution in [3.8, 4) is 0 Å². The third-order valence-corrected chi connectivity index (χ3v) is 2.81. The second-order valence-corrected chi connectivity index (χ2v) is 4.25. The van der Waals surface area contributed by atoms with Crippen molar-refractivity contribution in [2.24, 2.45) is 0 Å². The zero-order valence-electron chi connectivity index (χ0n) is 10.0. The van der Waals surface area contributed by atoms with Crippen molar-refractivity contribution < 1.29 is 23.8 Å². The Kier molecular flexibility index (Phi) is 3.93. The van der Waals surface area contributed by atoms with E-state index in [1.165, 1.54) is 25.3 Å². The zero-order chi connectivity index (χ0) is 13.1. The summed E-state index contributed by atoms with van der Waals surface area (Å²) in [5.41, 5.74) is 0.0357. The van der Waals surface area contributed by atoms with Crippen LogP contribution < -0.4 is 0 Å². The summed E-state index contributed by atoms with van der Waals surface area (Å²) < 4.78 is 23.5. The average molecular weight is 254 g/mol. The maximum Gasteiger partial charge on any atom is 0.338 e. The van der Waals surface area contributed by atoms with Crippen LogP contribution in [0.3, 0.4) is 0 Å². The first kappa shape index (κ1) is 13.0. The van der Waals surface area contributed by atoms with Gasteiger partial charge in [-0.25, -0.2) is 9.18 Å². The predicted octanol–water partition coefficient (Wildman–Crippen LogP) is 1.58. The summed E-state index contributed by atoms with van der Waals surface area (Å²) in [6.45, 7) is 0. The molecule has 1 aliphatic rings. The van der Waals surface area contributed by atoms with Crippen LogP contribution in [-0.4, -0.2) is 30.4 Å². The lowest BCUT2D eigenvalue weighted by molar-refractivity contribution is -0.164. The molecule has 98 valence electrons. The summed E-state index contributed by atoms with van der Waals surface area (Å²) >= 11 is 0. The van der Waals surface area contributed by atoms with E-state index >= 15 is 0 Å². The van der Waals surface area contributed by atoms with Gasteiger partial charge in [0.1, 0.15) is 11.9 Å². The van der Waals surface area contributed by atoms with E-state index in [-0.39, 0.29) is 11.7 Å². The number of ether oxygens (including phenoxy) is 2. The first-order chi connectivity index (χ1) is 8.63. The van der Waals surface area contributed by atoms with Crippen LogP contribution in [0.4, 0.5) is 4.39 Å². The first-order valence-electron chi connectivity index (χ1n) is 5.79. The Morgan fingerprint density at radius 1 is 1.44 bits per heavy atom. The van der Waals surface area contributed by atoms with Gasteiger partial charge in [-0.2, -0.15) is 0 Å². The van der Waals surface area contributed by atoms with Gasteiger partial charge in [0.25, 0.3) is 0 Å². The first-order valence-corrected chi connectivity index (χ1v) is 5.79. The largest absolute Gasteiger partial charge is 0.467 e. The molecule has 5 heteroatoms. The second-order valence-electron chi connectivity index (χ2n) is 4.25. The van der Waals surface area contributed by atoms with Gasteiger partial charge in [0.05, 0.1) is 13.2 Å². The van der Waals surface area contributed by atoms with Gasteiger partial charge >= 0.3 is 5.97 Å².